The molecule has 2 N–H and O–H groups in total. The van der Waals surface area contributed by atoms with E-state index < -0.39 is 18.0 Å². The molecule has 198 valence electrons. The number of aliphatic hydroxyl groups excluding tert-OH is 2. The number of aliphatic hydroxyl groups is 2. The van der Waals surface area contributed by atoms with Crippen LogP contribution in [0.2, 0.25) is 0 Å². The van der Waals surface area contributed by atoms with Gasteiger partial charge < -0.3 is 19.8 Å². The van der Waals surface area contributed by atoms with Gasteiger partial charge in [0.05, 0.1) is 43.0 Å². The van der Waals surface area contributed by atoms with Gasteiger partial charge in [-0.25, -0.2) is 8.91 Å². The largest absolute Gasteiger partial charge is 0.482 e. The van der Waals surface area contributed by atoms with E-state index in [2.05, 4.69) is 25.7 Å². The average molecular weight is 520 g/mol. The van der Waals surface area contributed by atoms with Crippen molar-refractivity contribution in [1.82, 2.24) is 29.3 Å². The van der Waals surface area contributed by atoms with Crippen molar-refractivity contribution < 1.29 is 19.3 Å². The molecule has 4 aromatic heterocycles. The van der Waals surface area contributed by atoms with Crippen molar-refractivity contribution in [2.24, 2.45) is 0 Å². The molecule has 1 aliphatic rings. The van der Waals surface area contributed by atoms with E-state index in [1.807, 2.05) is 32.3 Å². The van der Waals surface area contributed by atoms with Gasteiger partial charge in [-0.3, -0.25) is 9.67 Å². The molecule has 11 heteroatoms. The lowest BCUT2D eigenvalue weighted by Gasteiger charge is -2.33. The first-order valence-corrected chi connectivity index (χ1v) is 12.6. The fraction of sp³-hybridized carbons (Fsp3) is 0.407. The van der Waals surface area contributed by atoms with Gasteiger partial charge in [0.1, 0.15) is 34.8 Å². The number of ether oxygens (including phenoxy) is 1. The number of pyridine rings is 2. The van der Waals surface area contributed by atoms with E-state index in [0.29, 0.717) is 29.1 Å². The molecule has 1 fully saturated rings. The van der Waals surface area contributed by atoms with E-state index in [-0.39, 0.29) is 12.6 Å². The Balaban J connectivity index is 1.43. The molecule has 0 saturated carbocycles. The number of likely N-dealkylation sites (tertiary alicyclic amines) is 1. The summed E-state index contributed by atoms with van der Waals surface area (Å²) in [4.78, 5) is 6.29. The maximum atomic E-state index is 13.4. The molecule has 4 aromatic rings. The summed E-state index contributed by atoms with van der Waals surface area (Å²) in [5, 5.41) is 37.6. The predicted molar refractivity (Wildman–Crippen MR) is 137 cm³/mol. The van der Waals surface area contributed by atoms with Crippen LogP contribution in [0, 0.1) is 24.1 Å². The summed E-state index contributed by atoms with van der Waals surface area (Å²) < 4.78 is 23.3. The molecule has 0 unspecified atom stereocenters. The van der Waals surface area contributed by atoms with Gasteiger partial charge >= 0.3 is 0 Å². The Labute approximate surface area is 219 Å². The third-order valence-electron chi connectivity index (χ3n) is 7.11. The summed E-state index contributed by atoms with van der Waals surface area (Å²) in [6, 6.07) is 7.19. The fourth-order valence-electron chi connectivity index (χ4n) is 5.06. The summed E-state index contributed by atoms with van der Waals surface area (Å²) in [6.45, 7) is 5.73. The van der Waals surface area contributed by atoms with Crippen LogP contribution in [-0.2, 0) is 0 Å². The number of rotatable bonds is 8. The highest BCUT2D eigenvalue weighted by Crippen LogP contribution is 2.35. The molecular formula is C27H30FN7O3. The van der Waals surface area contributed by atoms with E-state index in [0.717, 1.165) is 48.9 Å². The summed E-state index contributed by atoms with van der Waals surface area (Å²) in [5.41, 5.74) is 4.27. The van der Waals surface area contributed by atoms with Gasteiger partial charge in [0.25, 0.3) is 0 Å². The molecule has 5 heterocycles. The Morgan fingerprint density at radius 2 is 2.00 bits per heavy atom. The smallest absolute Gasteiger partial charge is 0.148 e. The second-order valence-electron chi connectivity index (χ2n) is 9.67. The van der Waals surface area contributed by atoms with Gasteiger partial charge in [-0.1, -0.05) is 0 Å². The molecule has 0 aromatic carbocycles. The van der Waals surface area contributed by atoms with Gasteiger partial charge in [-0.05, 0) is 44.9 Å². The minimum absolute atomic E-state index is 0.227. The van der Waals surface area contributed by atoms with Gasteiger partial charge in [0, 0.05) is 42.7 Å². The molecule has 0 amide bonds. The van der Waals surface area contributed by atoms with Crippen molar-refractivity contribution in [3.63, 3.8) is 0 Å². The molecule has 0 bridgehead atoms. The van der Waals surface area contributed by atoms with Crippen LogP contribution >= 0.6 is 0 Å². The van der Waals surface area contributed by atoms with Crippen LogP contribution in [-0.4, -0.2) is 71.8 Å². The molecule has 1 saturated heterocycles. The van der Waals surface area contributed by atoms with Crippen LogP contribution in [0.1, 0.15) is 48.9 Å². The summed E-state index contributed by atoms with van der Waals surface area (Å²) in [5.74, 6) is 0.0480. The SMILES string of the molecule is Cc1c(-c2cc(O[C@H](C)c3ccc(F)cn3)c3c(C#N)cnn3c2)cnn1C1CCN(C[C@H](O)CO)CC1. The number of halogens is 1. The topological polar surface area (TPSA) is 125 Å². The second kappa shape index (κ2) is 10.9. The zero-order chi connectivity index (χ0) is 26.8. The normalized spacial score (nSPS) is 16.4. The van der Waals surface area contributed by atoms with Crippen molar-refractivity contribution in [1.29, 1.82) is 5.26 Å². The molecule has 0 spiro atoms. The lowest BCUT2D eigenvalue weighted by molar-refractivity contribution is 0.0473. The number of β-amino-alcohol motifs (C(OH)–C–C–N with tert-alkyl or cyclic N) is 1. The van der Waals surface area contributed by atoms with Crippen molar-refractivity contribution in [2.45, 2.75) is 44.9 Å². The molecule has 2 atom stereocenters. The Morgan fingerprint density at radius 3 is 2.68 bits per heavy atom. The molecule has 10 nitrogen and oxygen atoms in total. The maximum Gasteiger partial charge on any atom is 0.148 e. The lowest BCUT2D eigenvalue weighted by atomic mass is 10.0. The highest BCUT2D eigenvalue weighted by atomic mass is 19.1. The fourth-order valence-corrected chi connectivity index (χ4v) is 5.06. The summed E-state index contributed by atoms with van der Waals surface area (Å²) in [7, 11) is 0. The number of aromatic nitrogens is 5. The molecule has 0 radical (unpaired) electrons. The summed E-state index contributed by atoms with van der Waals surface area (Å²) in [6.07, 6.45) is 6.91. The third kappa shape index (κ3) is 5.11. The number of hydrogen-bond acceptors (Lipinski definition) is 8. The van der Waals surface area contributed by atoms with Crippen LogP contribution in [0.5, 0.6) is 5.75 Å². The van der Waals surface area contributed by atoms with Crippen molar-refractivity contribution in [3.05, 3.63) is 65.8 Å². The highest BCUT2D eigenvalue weighted by molar-refractivity contribution is 5.76. The molecule has 1 aliphatic heterocycles. The van der Waals surface area contributed by atoms with Gasteiger partial charge in [-0.2, -0.15) is 15.5 Å². The van der Waals surface area contributed by atoms with E-state index in [9.17, 15) is 14.8 Å². The minimum Gasteiger partial charge on any atom is -0.482 e. The van der Waals surface area contributed by atoms with Gasteiger partial charge in [0.15, 0.2) is 0 Å². The highest BCUT2D eigenvalue weighted by Gasteiger charge is 2.25. The van der Waals surface area contributed by atoms with E-state index >= 15 is 0 Å². The van der Waals surface area contributed by atoms with Crippen LogP contribution in [0.25, 0.3) is 16.6 Å². The van der Waals surface area contributed by atoms with Crippen molar-refractivity contribution in [2.75, 3.05) is 26.2 Å². The monoisotopic (exact) mass is 519 g/mol. The van der Waals surface area contributed by atoms with Crippen LogP contribution in [0.15, 0.2) is 43.0 Å². The van der Waals surface area contributed by atoms with Crippen molar-refractivity contribution in [3.8, 4) is 22.9 Å². The first-order chi connectivity index (χ1) is 18.4. The molecule has 38 heavy (non-hydrogen) atoms. The third-order valence-corrected chi connectivity index (χ3v) is 7.11. The van der Waals surface area contributed by atoms with Gasteiger partial charge in [0.2, 0.25) is 0 Å². The zero-order valence-corrected chi connectivity index (χ0v) is 21.3. The predicted octanol–water partition coefficient (Wildman–Crippen LogP) is 3.04. The van der Waals surface area contributed by atoms with Crippen LogP contribution in [0.3, 0.4) is 0 Å². The second-order valence-corrected chi connectivity index (χ2v) is 9.67. The number of piperidine rings is 1. The summed E-state index contributed by atoms with van der Waals surface area (Å²) >= 11 is 0. The number of nitriles is 1. The number of hydrogen-bond donors (Lipinski definition) is 2. The Kier molecular flexibility index (Phi) is 7.37. The first-order valence-electron chi connectivity index (χ1n) is 12.6. The molecule has 5 rings (SSSR count). The minimum atomic E-state index is -0.721. The lowest BCUT2D eigenvalue weighted by Crippen LogP contribution is -2.40. The Hall–Kier alpha value is -3.85. The van der Waals surface area contributed by atoms with Crippen LogP contribution < -0.4 is 4.74 Å². The zero-order valence-electron chi connectivity index (χ0n) is 21.3. The van der Waals surface area contributed by atoms with E-state index in [1.165, 1.54) is 12.3 Å². The Bertz CT molecular complexity index is 1450. The maximum absolute atomic E-state index is 13.4. The average Bonchev–Trinajstić information content (AvgIpc) is 3.52. The van der Waals surface area contributed by atoms with Crippen molar-refractivity contribution >= 4 is 5.52 Å². The first kappa shape index (κ1) is 25.8. The standard InChI is InChI=1S/C27H30FN7O3/c1-17-24(13-32-35(17)22-5-7-33(8-6-22)15-23(37)16-36)19-9-26(27-20(10-29)11-31-34(27)14-19)38-18(2)25-4-3-21(28)12-30-25/h3-4,9,11-14,18,22-23,36-37H,5-8,15-16H2,1-2H3/t18-,23+/m1/s1. The quantitative estimate of drug-likeness (QED) is 0.364. The van der Waals surface area contributed by atoms with Gasteiger partial charge in [-0.15, -0.1) is 0 Å². The molecule has 0 aliphatic carbocycles. The van der Waals surface area contributed by atoms with E-state index in [1.54, 1.807) is 10.6 Å². The Morgan fingerprint density at radius 1 is 1.21 bits per heavy atom. The number of nitrogens with zero attached hydrogens (tertiary/aromatic N) is 7. The van der Waals surface area contributed by atoms with Crippen LogP contribution in [0.4, 0.5) is 4.39 Å². The molecular weight excluding hydrogens is 489 g/mol. The number of fused-ring (bicyclic) bond motifs is 1. The van der Waals surface area contributed by atoms with E-state index in [4.69, 9.17) is 14.9 Å².